The fraction of sp³-hybridized carbons (Fsp3) is 0.667. The summed E-state index contributed by atoms with van der Waals surface area (Å²) in [7, 11) is 0. The number of carbonyl (C=O) groups is 2. The molecular formula is C12H21NO3. The van der Waals surface area contributed by atoms with Crippen LogP contribution in [-0.4, -0.2) is 23.5 Å². The lowest BCUT2D eigenvalue weighted by atomic mass is 9.90. The van der Waals surface area contributed by atoms with Crippen molar-refractivity contribution < 1.29 is 14.7 Å². The van der Waals surface area contributed by atoms with Crippen LogP contribution in [0.3, 0.4) is 0 Å². The van der Waals surface area contributed by atoms with Gasteiger partial charge in [0.2, 0.25) is 5.91 Å². The van der Waals surface area contributed by atoms with Gasteiger partial charge in [-0.25, -0.2) is 4.79 Å². The average Bonchev–Trinajstić information content (AvgIpc) is 2.23. The summed E-state index contributed by atoms with van der Waals surface area (Å²) in [4.78, 5) is 22.3. The third-order valence-corrected chi connectivity index (χ3v) is 2.91. The van der Waals surface area contributed by atoms with Gasteiger partial charge in [0.15, 0.2) is 0 Å². The summed E-state index contributed by atoms with van der Waals surface area (Å²) in [5, 5.41) is 11.5. The zero-order valence-electron chi connectivity index (χ0n) is 10.7. The van der Waals surface area contributed by atoms with Crippen LogP contribution in [0.15, 0.2) is 11.1 Å². The summed E-state index contributed by atoms with van der Waals surface area (Å²) in [6, 6.07) is 0. The Morgan fingerprint density at radius 1 is 1.19 bits per heavy atom. The highest BCUT2D eigenvalue weighted by Crippen LogP contribution is 2.18. The molecule has 0 saturated heterocycles. The molecule has 1 amide bonds. The molecular weight excluding hydrogens is 206 g/mol. The summed E-state index contributed by atoms with van der Waals surface area (Å²) >= 11 is 0. The van der Waals surface area contributed by atoms with Crippen molar-refractivity contribution >= 4 is 11.9 Å². The lowest BCUT2D eigenvalue weighted by Crippen LogP contribution is -2.34. The molecule has 16 heavy (non-hydrogen) atoms. The molecule has 4 heteroatoms. The molecule has 0 fully saturated rings. The zero-order chi connectivity index (χ0) is 12.9. The maximum atomic E-state index is 11.6. The molecule has 0 heterocycles. The van der Waals surface area contributed by atoms with Crippen molar-refractivity contribution in [2.45, 2.75) is 41.0 Å². The molecule has 0 radical (unpaired) electrons. The van der Waals surface area contributed by atoms with Gasteiger partial charge in [0.05, 0.1) is 0 Å². The molecule has 0 aliphatic carbocycles. The Morgan fingerprint density at radius 2 is 1.69 bits per heavy atom. The van der Waals surface area contributed by atoms with E-state index in [1.54, 1.807) is 0 Å². The molecule has 0 rings (SSSR count). The first kappa shape index (κ1) is 14.7. The van der Waals surface area contributed by atoms with Gasteiger partial charge >= 0.3 is 5.97 Å². The number of carbonyl (C=O) groups excluding carboxylic acids is 1. The number of carboxylic acids is 1. The van der Waals surface area contributed by atoms with E-state index in [0.717, 1.165) is 6.42 Å². The van der Waals surface area contributed by atoms with Crippen LogP contribution in [0.4, 0.5) is 0 Å². The molecule has 0 aromatic heterocycles. The van der Waals surface area contributed by atoms with Crippen LogP contribution < -0.4 is 5.32 Å². The van der Waals surface area contributed by atoms with Crippen LogP contribution in [0.2, 0.25) is 0 Å². The topological polar surface area (TPSA) is 66.4 Å². The second-order valence-electron chi connectivity index (χ2n) is 4.76. The maximum Gasteiger partial charge on any atom is 0.331 e. The van der Waals surface area contributed by atoms with E-state index in [-0.39, 0.29) is 22.5 Å². The number of amides is 1. The van der Waals surface area contributed by atoms with E-state index in [0.29, 0.717) is 6.54 Å². The van der Waals surface area contributed by atoms with Gasteiger partial charge in [-0.15, -0.1) is 0 Å². The SMILES string of the molecule is CCC(C)(C)CNC(=O)C(C)=C(C)C(=O)O. The Hall–Kier alpha value is -1.32. The van der Waals surface area contributed by atoms with E-state index in [1.807, 2.05) is 0 Å². The standard InChI is InChI=1S/C12H21NO3/c1-6-12(4,5)7-13-10(14)8(2)9(3)11(15)16/h6-7H2,1-5H3,(H,13,14)(H,15,16). The molecule has 4 nitrogen and oxygen atoms in total. The first-order valence-electron chi connectivity index (χ1n) is 5.40. The smallest absolute Gasteiger partial charge is 0.331 e. The normalized spacial score (nSPS) is 13.1. The fourth-order valence-corrected chi connectivity index (χ4v) is 0.908. The van der Waals surface area contributed by atoms with Crippen molar-refractivity contribution in [3.63, 3.8) is 0 Å². The summed E-state index contributed by atoms with van der Waals surface area (Å²) in [5.41, 5.74) is 0.388. The molecule has 0 saturated carbocycles. The predicted octanol–water partition coefficient (Wildman–Crippen LogP) is 1.96. The molecule has 0 bridgehead atoms. The van der Waals surface area contributed by atoms with Crippen molar-refractivity contribution in [1.82, 2.24) is 5.32 Å². The van der Waals surface area contributed by atoms with Crippen molar-refractivity contribution in [2.75, 3.05) is 6.54 Å². The second-order valence-corrected chi connectivity index (χ2v) is 4.76. The van der Waals surface area contributed by atoms with Crippen molar-refractivity contribution in [3.8, 4) is 0 Å². The monoisotopic (exact) mass is 227 g/mol. The zero-order valence-corrected chi connectivity index (χ0v) is 10.7. The Bertz CT molecular complexity index is 316. The van der Waals surface area contributed by atoms with Crippen LogP contribution in [0.25, 0.3) is 0 Å². The minimum atomic E-state index is -1.05. The summed E-state index contributed by atoms with van der Waals surface area (Å²) in [6.07, 6.45) is 0.952. The second kappa shape index (κ2) is 5.68. The molecule has 2 N–H and O–H groups in total. The van der Waals surface area contributed by atoms with Crippen molar-refractivity contribution in [3.05, 3.63) is 11.1 Å². The van der Waals surface area contributed by atoms with Crippen LogP contribution in [0, 0.1) is 5.41 Å². The van der Waals surface area contributed by atoms with Crippen LogP contribution >= 0.6 is 0 Å². The third kappa shape index (κ3) is 4.47. The molecule has 0 spiro atoms. The molecule has 0 atom stereocenters. The first-order chi connectivity index (χ1) is 7.21. The Morgan fingerprint density at radius 3 is 2.06 bits per heavy atom. The van der Waals surface area contributed by atoms with Gasteiger partial charge < -0.3 is 10.4 Å². The maximum absolute atomic E-state index is 11.6. The quantitative estimate of drug-likeness (QED) is 0.705. The van der Waals surface area contributed by atoms with E-state index in [2.05, 4.69) is 26.1 Å². The molecule has 0 aromatic carbocycles. The molecule has 0 aliphatic rings. The van der Waals surface area contributed by atoms with Gasteiger partial charge in [-0.3, -0.25) is 4.79 Å². The van der Waals surface area contributed by atoms with Crippen LogP contribution in [0.1, 0.15) is 41.0 Å². The highest BCUT2D eigenvalue weighted by atomic mass is 16.4. The van der Waals surface area contributed by atoms with E-state index in [4.69, 9.17) is 5.11 Å². The average molecular weight is 227 g/mol. The number of hydrogen-bond donors (Lipinski definition) is 2. The highest BCUT2D eigenvalue weighted by molar-refractivity contribution is 6.01. The minimum absolute atomic E-state index is 0.0348. The summed E-state index contributed by atoms with van der Waals surface area (Å²) < 4.78 is 0. The molecule has 0 unspecified atom stereocenters. The molecule has 0 aliphatic heterocycles. The Kier molecular flexibility index (Phi) is 5.21. The number of nitrogens with one attached hydrogen (secondary N) is 1. The van der Waals surface area contributed by atoms with Gasteiger partial charge in [0.1, 0.15) is 0 Å². The van der Waals surface area contributed by atoms with E-state index >= 15 is 0 Å². The number of hydrogen-bond acceptors (Lipinski definition) is 2. The largest absolute Gasteiger partial charge is 0.478 e. The van der Waals surface area contributed by atoms with Crippen LogP contribution in [0.5, 0.6) is 0 Å². The molecule has 0 aromatic rings. The van der Waals surface area contributed by atoms with Crippen molar-refractivity contribution in [2.24, 2.45) is 5.41 Å². The van der Waals surface area contributed by atoms with Crippen molar-refractivity contribution in [1.29, 1.82) is 0 Å². The number of rotatable bonds is 5. The van der Waals surface area contributed by atoms with Gasteiger partial charge in [-0.2, -0.15) is 0 Å². The number of aliphatic carboxylic acids is 1. The van der Waals surface area contributed by atoms with Crippen LogP contribution in [-0.2, 0) is 9.59 Å². The fourth-order valence-electron chi connectivity index (χ4n) is 0.908. The van der Waals surface area contributed by atoms with Gasteiger partial charge in [0.25, 0.3) is 0 Å². The summed E-state index contributed by atoms with van der Waals surface area (Å²) in [5.74, 6) is -1.36. The highest BCUT2D eigenvalue weighted by Gasteiger charge is 2.18. The summed E-state index contributed by atoms with van der Waals surface area (Å²) in [6.45, 7) is 9.66. The predicted molar refractivity (Wildman–Crippen MR) is 63.1 cm³/mol. The van der Waals surface area contributed by atoms with E-state index in [9.17, 15) is 9.59 Å². The van der Waals surface area contributed by atoms with Gasteiger partial charge in [0, 0.05) is 17.7 Å². The minimum Gasteiger partial charge on any atom is -0.478 e. The third-order valence-electron chi connectivity index (χ3n) is 2.91. The lowest BCUT2D eigenvalue weighted by molar-refractivity contribution is -0.133. The van der Waals surface area contributed by atoms with E-state index < -0.39 is 5.97 Å². The number of carboxylic acid groups (broad SMARTS) is 1. The Labute approximate surface area is 96.7 Å². The molecule has 92 valence electrons. The first-order valence-corrected chi connectivity index (χ1v) is 5.40. The van der Waals surface area contributed by atoms with E-state index in [1.165, 1.54) is 13.8 Å². The van der Waals surface area contributed by atoms with Gasteiger partial charge in [-0.05, 0) is 25.7 Å². The van der Waals surface area contributed by atoms with Gasteiger partial charge in [-0.1, -0.05) is 20.8 Å². The lowest BCUT2D eigenvalue weighted by Gasteiger charge is -2.23. The Balaban J connectivity index is 4.50.